The van der Waals surface area contributed by atoms with Gasteiger partial charge in [-0.1, -0.05) is 23.2 Å². The molecule has 0 unspecified atom stereocenters. The van der Waals surface area contributed by atoms with Gasteiger partial charge in [0, 0.05) is 5.02 Å². The molecule has 0 aliphatic heterocycles. The van der Waals surface area contributed by atoms with Crippen LogP contribution in [0.15, 0.2) is 71.8 Å². The molecule has 0 atom stereocenters. The largest absolute Gasteiger partial charge is 0.494 e. The van der Waals surface area contributed by atoms with Crippen LogP contribution in [0, 0.1) is 0 Å². The van der Waals surface area contributed by atoms with E-state index in [2.05, 4.69) is 10.5 Å². The van der Waals surface area contributed by atoms with Gasteiger partial charge in [0.2, 0.25) is 0 Å². The smallest absolute Gasteiger partial charge is 0.343 e. The minimum atomic E-state index is -0.475. The summed E-state index contributed by atoms with van der Waals surface area (Å²) >= 11 is 11.8. The maximum Gasteiger partial charge on any atom is 0.343 e. The first-order valence-electron chi connectivity index (χ1n) is 9.30. The fourth-order valence-corrected chi connectivity index (χ4v) is 3.04. The monoisotopic (exact) mass is 456 g/mol. The van der Waals surface area contributed by atoms with Crippen LogP contribution in [0.5, 0.6) is 11.5 Å². The number of hydrogen-bond acceptors (Lipinski definition) is 5. The fourth-order valence-electron chi connectivity index (χ4n) is 2.54. The average Bonchev–Trinajstić information content (AvgIpc) is 2.75. The Bertz CT molecular complexity index is 1100. The van der Waals surface area contributed by atoms with E-state index in [1.807, 2.05) is 6.92 Å². The minimum Gasteiger partial charge on any atom is -0.494 e. The van der Waals surface area contributed by atoms with Crippen molar-refractivity contribution in [3.63, 3.8) is 0 Å². The minimum absolute atomic E-state index is 0.235. The highest BCUT2D eigenvalue weighted by Gasteiger charge is 2.10. The van der Waals surface area contributed by atoms with Crippen LogP contribution >= 0.6 is 23.2 Å². The van der Waals surface area contributed by atoms with E-state index in [0.29, 0.717) is 34.3 Å². The second-order valence-corrected chi connectivity index (χ2v) is 7.08. The van der Waals surface area contributed by atoms with Crippen molar-refractivity contribution in [2.75, 3.05) is 6.61 Å². The Morgan fingerprint density at radius 3 is 2.29 bits per heavy atom. The van der Waals surface area contributed by atoms with Gasteiger partial charge >= 0.3 is 5.97 Å². The quantitative estimate of drug-likeness (QED) is 0.224. The fraction of sp³-hybridized carbons (Fsp3) is 0.0870. The van der Waals surface area contributed by atoms with E-state index < -0.39 is 11.9 Å². The molecule has 0 saturated heterocycles. The predicted octanol–water partition coefficient (Wildman–Crippen LogP) is 5.38. The number of nitrogens with zero attached hydrogens (tertiary/aromatic N) is 1. The summed E-state index contributed by atoms with van der Waals surface area (Å²) in [5, 5.41) is 4.58. The number of carbonyl (C=O) groups excluding carboxylic acids is 2. The van der Waals surface area contributed by atoms with E-state index >= 15 is 0 Å². The highest BCUT2D eigenvalue weighted by Crippen LogP contribution is 2.21. The molecule has 0 aliphatic carbocycles. The average molecular weight is 457 g/mol. The van der Waals surface area contributed by atoms with Crippen molar-refractivity contribution in [3.8, 4) is 11.5 Å². The third-order valence-electron chi connectivity index (χ3n) is 4.05. The molecule has 1 amide bonds. The van der Waals surface area contributed by atoms with Crippen molar-refractivity contribution in [1.82, 2.24) is 5.43 Å². The molecular formula is C23H18Cl2N2O4. The molecule has 3 rings (SSSR count). The number of hydrogen-bond donors (Lipinski definition) is 1. The summed E-state index contributed by atoms with van der Waals surface area (Å²) in [5.74, 6) is 0.136. The SMILES string of the molecule is CCOc1ccc(C(=O)Oc2ccc(/C=N/NC(=O)c3ccc(Cl)cc3Cl)cc2)cc1. The second-order valence-electron chi connectivity index (χ2n) is 6.24. The molecule has 1 N–H and O–H groups in total. The Hall–Kier alpha value is -3.35. The van der Waals surface area contributed by atoms with Crippen LogP contribution in [-0.4, -0.2) is 24.7 Å². The molecule has 31 heavy (non-hydrogen) atoms. The number of nitrogens with one attached hydrogen (secondary N) is 1. The maximum absolute atomic E-state index is 12.2. The standard InChI is InChI=1S/C23H18Cl2N2O4/c1-2-30-18-10-5-16(6-11-18)23(29)31-19-8-3-15(4-9-19)14-26-27-22(28)20-12-7-17(24)13-21(20)25/h3-14H,2H2,1H3,(H,27,28)/b26-14+. The number of hydrazone groups is 1. The lowest BCUT2D eigenvalue weighted by Gasteiger charge is -2.06. The van der Waals surface area contributed by atoms with Gasteiger partial charge < -0.3 is 9.47 Å². The Kier molecular flexibility index (Phi) is 7.65. The lowest BCUT2D eigenvalue weighted by atomic mass is 10.2. The summed E-state index contributed by atoms with van der Waals surface area (Å²) in [6.45, 7) is 2.44. The van der Waals surface area contributed by atoms with Gasteiger partial charge in [-0.2, -0.15) is 5.10 Å². The molecule has 0 aromatic heterocycles. The Morgan fingerprint density at radius 1 is 0.968 bits per heavy atom. The first kappa shape index (κ1) is 22.3. The van der Waals surface area contributed by atoms with Crippen LogP contribution in [0.3, 0.4) is 0 Å². The Balaban J connectivity index is 1.55. The number of ether oxygens (including phenoxy) is 2. The molecule has 3 aromatic carbocycles. The van der Waals surface area contributed by atoms with Gasteiger partial charge in [0.1, 0.15) is 11.5 Å². The molecule has 3 aromatic rings. The van der Waals surface area contributed by atoms with Crippen molar-refractivity contribution >= 4 is 41.3 Å². The molecule has 6 nitrogen and oxygen atoms in total. The number of esters is 1. The van der Waals surface area contributed by atoms with E-state index in [1.165, 1.54) is 18.3 Å². The Labute approximate surface area is 189 Å². The molecule has 0 heterocycles. The zero-order chi connectivity index (χ0) is 22.2. The van der Waals surface area contributed by atoms with Crippen molar-refractivity contribution in [2.24, 2.45) is 5.10 Å². The van der Waals surface area contributed by atoms with Crippen LogP contribution in [0.1, 0.15) is 33.2 Å². The number of amides is 1. The van der Waals surface area contributed by atoms with Gasteiger partial charge in [-0.15, -0.1) is 0 Å². The number of halogens is 2. The third kappa shape index (κ3) is 6.31. The van der Waals surface area contributed by atoms with Gasteiger partial charge in [0.15, 0.2) is 0 Å². The molecule has 0 saturated carbocycles. The van der Waals surface area contributed by atoms with E-state index in [4.69, 9.17) is 32.7 Å². The van der Waals surface area contributed by atoms with E-state index in [1.54, 1.807) is 54.6 Å². The van der Waals surface area contributed by atoms with E-state index in [-0.39, 0.29) is 10.6 Å². The van der Waals surface area contributed by atoms with Gasteiger partial charge in [0.25, 0.3) is 5.91 Å². The van der Waals surface area contributed by atoms with Crippen LogP contribution in [0.4, 0.5) is 0 Å². The van der Waals surface area contributed by atoms with Crippen LogP contribution in [0.2, 0.25) is 10.0 Å². The summed E-state index contributed by atoms with van der Waals surface area (Å²) in [6, 6.07) is 17.9. The molecule has 0 radical (unpaired) electrons. The van der Waals surface area contributed by atoms with Gasteiger partial charge in [0.05, 0.1) is 29.0 Å². The van der Waals surface area contributed by atoms with Crippen molar-refractivity contribution < 1.29 is 19.1 Å². The van der Waals surface area contributed by atoms with Crippen molar-refractivity contribution in [2.45, 2.75) is 6.92 Å². The normalized spacial score (nSPS) is 10.7. The highest BCUT2D eigenvalue weighted by molar-refractivity contribution is 6.36. The van der Waals surface area contributed by atoms with E-state index in [0.717, 1.165) is 0 Å². The molecule has 0 spiro atoms. The molecular weight excluding hydrogens is 439 g/mol. The molecule has 0 bridgehead atoms. The first-order chi connectivity index (χ1) is 15.0. The highest BCUT2D eigenvalue weighted by atomic mass is 35.5. The molecule has 158 valence electrons. The van der Waals surface area contributed by atoms with Crippen LogP contribution < -0.4 is 14.9 Å². The molecule has 0 aliphatic rings. The zero-order valence-corrected chi connectivity index (χ0v) is 18.0. The third-order valence-corrected chi connectivity index (χ3v) is 4.59. The van der Waals surface area contributed by atoms with E-state index in [9.17, 15) is 9.59 Å². The Morgan fingerprint density at radius 2 is 1.65 bits per heavy atom. The van der Waals surface area contributed by atoms with Gasteiger partial charge in [-0.25, -0.2) is 10.2 Å². The molecule has 8 heteroatoms. The topological polar surface area (TPSA) is 77.0 Å². The van der Waals surface area contributed by atoms with Crippen LogP contribution in [0.25, 0.3) is 0 Å². The number of benzene rings is 3. The van der Waals surface area contributed by atoms with Gasteiger partial charge in [-0.3, -0.25) is 4.79 Å². The summed E-state index contributed by atoms with van der Waals surface area (Å²) < 4.78 is 10.7. The maximum atomic E-state index is 12.2. The molecule has 0 fully saturated rings. The van der Waals surface area contributed by atoms with Crippen molar-refractivity contribution in [1.29, 1.82) is 0 Å². The summed E-state index contributed by atoms with van der Waals surface area (Å²) in [5.41, 5.74) is 3.77. The number of rotatable bonds is 7. The lowest BCUT2D eigenvalue weighted by Crippen LogP contribution is -2.18. The summed E-state index contributed by atoms with van der Waals surface area (Å²) in [7, 11) is 0. The zero-order valence-electron chi connectivity index (χ0n) is 16.5. The lowest BCUT2D eigenvalue weighted by molar-refractivity contribution is 0.0734. The first-order valence-corrected chi connectivity index (χ1v) is 10.1. The van der Waals surface area contributed by atoms with Gasteiger partial charge in [-0.05, 0) is 79.2 Å². The summed E-state index contributed by atoms with van der Waals surface area (Å²) in [4.78, 5) is 24.4. The predicted molar refractivity (Wildman–Crippen MR) is 121 cm³/mol. The number of carbonyl (C=O) groups is 2. The second kappa shape index (κ2) is 10.6. The summed E-state index contributed by atoms with van der Waals surface area (Å²) in [6.07, 6.45) is 1.46. The van der Waals surface area contributed by atoms with Crippen LogP contribution in [-0.2, 0) is 0 Å². The van der Waals surface area contributed by atoms with Crippen molar-refractivity contribution in [3.05, 3.63) is 93.5 Å².